The van der Waals surface area contributed by atoms with Gasteiger partial charge in [0.25, 0.3) is 0 Å². The third-order valence-corrected chi connectivity index (χ3v) is 4.58. The monoisotopic (exact) mass is 452 g/mol. The lowest BCUT2D eigenvalue weighted by molar-refractivity contribution is -0.427. The number of amides is 1. The van der Waals surface area contributed by atoms with E-state index in [4.69, 9.17) is 15.2 Å². The lowest BCUT2D eigenvalue weighted by atomic mass is 10.2. The number of nitrogen functional groups attached to an aromatic ring is 1. The predicted molar refractivity (Wildman–Crippen MR) is 113 cm³/mol. The fourth-order valence-electron chi connectivity index (χ4n) is 2.57. The second-order valence-corrected chi connectivity index (χ2v) is 7.44. The summed E-state index contributed by atoms with van der Waals surface area (Å²) in [5.74, 6) is -1.08. The van der Waals surface area contributed by atoms with E-state index in [0.717, 1.165) is 11.9 Å². The van der Waals surface area contributed by atoms with Crippen molar-refractivity contribution in [2.75, 3.05) is 37.2 Å². The number of ether oxygens (including phenoxy) is 2. The summed E-state index contributed by atoms with van der Waals surface area (Å²) in [5, 5.41) is -0.165. The van der Waals surface area contributed by atoms with Crippen LogP contribution in [0.15, 0.2) is 36.0 Å². The Hall–Kier alpha value is -3.41. The van der Waals surface area contributed by atoms with Crippen molar-refractivity contribution in [3.05, 3.63) is 47.1 Å². The molecule has 1 heterocycles. The molecule has 1 amide bonds. The van der Waals surface area contributed by atoms with E-state index in [9.17, 15) is 18.3 Å². The average molecular weight is 452 g/mol. The Morgan fingerprint density at radius 3 is 2.71 bits per heavy atom. The summed E-state index contributed by atoms with van der Waals surface area (Å²) in [4.78, 5) is 33.9. The van der Waals surface area contributed by atoms with Gasteiger partial charge in [-0.05, 0) is 24.6 Å². The van der Waals surface area contributed by atoms with E-state index >= 15 is 0 Å². The molecular weight excluding hydrogens is 429 g/mol. The largest absolute Gasteiger partial charge is 0.486 e. The number of rotatable bonds is 9. The van der Waals surface area contributed by atoms with Crippen molar-refractivity contribution in [2.24, 2.45) is 0 Å². The molecule has 166 valence electrons. The van der Waals surface area contributed by atoms with Crippen LogP contribution in [0.3, 0.4) is 0 Å². The first-order valence-corrected chi connectivity index (χ1v) is 10.6. The highest BCUT2D eigenvalue weighted by Crippen LogP contribution is 2.33. The quantitative estimate of drug-likeness (QED) is 0.349. The van der Waals surface area contributed by atoms with Gasteiger partial charge in [0.2, 0.25) is 16.8 Å². The molecule has 1 atom stereocenters. The molecule has 1 unspecified atom stereocenters. The minimum absolute atomic E-state index is 0.0417. The highest BCUT2D eigenvalue weighted by atomic mass is 32.2. The molecule has 12 heteroatoms. The molecule has 10 nitrogen and oxygen atoms in total. The Morgan fingerprint density at radius 2 is 2.13 bits per heavy atom. The van der Waals surface area contributed by atoms with Crippen LogP contribution >= 0.6 is 0 Å². The zero-order valence-corrected chi connectivity index (χ0v) is 18.1. The molecule has 0 aliphatic rings. The maximum absolute atomic E-state index is 14.0. The van der Waals surface area contributed by atoms with E-state index < -0.39 is 22.7 Å². The molecule has 2 aromatic rings. The van der Waals surface area contributed by atoms with E-state index in [0.29, 0.717) is 10.3 Å². The molecule has 1 aromatic heterocycles. The van der Waals surface area contributed by atoms with E-state index in [1.54, 1.807) is 6.92 Å². The molecule has 0 aliphatic heterocycles. The second kappa shape index (κ2) is 10.6. The molecule has 0 fully saturated rings. The summed E-state index contributed by atoms with van der Waals surface area (Å²) in [6, 6.07) is 4.01. The number of anilines is 2. The Morgan fingerprint density at radius 1 is 1.42 bits per heavy atom. The first-order valence-electron chi connectivity index (χ1n) is 9.07. The number of benzene rings is 1. The smallest absolute Gasteiger partial charge is 0.415 e. The summed E-state index contributed by atoms with van der Waals surface area (Å²) in [5.41, 5.74) is 6.13. The number of carbonyl (C=O) groups is 1. The molecule has 0 radical (unpaired) electrons. The fraction of sp³-hybridized carbons (Fsp3) is 0.316. The highest BCUT2D eigenvalue weighted by molar-refractivity contribution is 7.84. The number of nitroso groups, excluding NO2 is 1. The van der Waals surface area contributed by atoms with E-state index in [1.165, 1.54) is 30.5 Å². The normalized spacial score (nSPS) is 11.5. The highest BCUT2D eigenvalue weighted by Gasteiger charge is 2.32. The molecule has 1 aromatic carbocycles. The molecule has 0 saturated heterocycles. The summed E-state index contributed by atoms with van der Waals surface area (Å²) in [7, 11) is -0.486. The first-order chi connectivity index (χ1) is 14.7. The van der Waals surface area contributed by atoms with Gasteiger partial charge >= 0.3 is 11.8 Å². The number of aromatic nitrogens is 2. The first kappa shape index (κ1) is 23.9. The molecule has 0 bridgehead atoms. The van der Waals surface area contributed by atoms with Crippen LogP contribution in [0.1, 0.15) is 12.5 Å². The standard InChI is InChI=1S/C19H23FN5O5S/c1-5-9-30-14-10-12(7-8-13(14)20)11-25(19(26)29-6-2)17-15(24(3)27)16(21)22-18(23-17)31(4)28/h5,7-8,10H,1,6,9,11H2,2-4H3,(H2,21,22,23)/q+1. The van der Waals surface area contributed by atoms with Crippen LogP contribution in [0.5, 0.6) is 5.75 Å². The van der Waals surface area contributed by atoms with Gasteiger partial charge in [-0.1, -0.05) is 18.7 Å². The summed E-state index contributed by atoms with van der Waals surface area (Å²) < 4.78 is 36.7. The summed E-state index contributed by atoms with van der Waals surface area (Å²) in [6.45, 7) is 5.08. The van der Waals surface area contributed by atoms with Crippen LogP contribution in [0, 0.1) is 10.7 Å². The molecule has 2 rings (SSSR count). The van der Waals surface area contributed by atoms with Gasteiger partial charge in [0.05, 0.1) is 24.0 Å². The fourth-order valence-corrected chi connectivity index (χ4v) is 3.02. The topological polar surface area (TPSA) is 128 Å². The number of nitrogens with zero attached hydrogens (tertiary/aromatic N) is 4. The van der Waals surface area contributed by atoms with Crippen molar-refractivity contribution in [1.29, 1.82) is 0 Å². The minimum atomic E-state index is -1.64. The van der Waals surface area contributed by atoms with Crippen LogP contribution in [0.4, 0.5) is 26.5 Å². The van der Waals surface area contributed by atoms with Crippen LogP contribution < -0.4 is 15.4 Å². The van der Waals surface area contributed by atoms with Gasteiger partial charge in [-0.3, -0.25) is 9.11 Å². The van der Waals surface area contributed by atoms with Crippen molar-refractivity contribution in [3.8, 4) is 5.75 Å². The van der Waals surface area contributed by atoms with Crippen LogP contribution in [0.25, 0.3) is 0 Å². The molecule has 0 spiro atoms. The molecular formula is C19H23FN5O5S+. The zero-order valence-electron chi connectivity index (χ0n) is 17.3. The van der Waals surface area contributed by atoms with Crippen LogP contribution in [0.2, 0.25) is 0 Å². The Labute approximate surface area is 180 Å². The van der Waals surface area contributed by atoms with E-state index in [1.807, 2.05) is 0 Å². The minimum Gasteiger partial charge on any atom is -0.486 e. The predicted octanol–water partition coefficient (Wildman–Crippen LogP) is 2.70. The Kier molecular flexibility index (Phi) is 8.14. The Balaban J connectivity index is 2.61. The van der Waals surface area contributed by atoms with E-state index in [-0.39, 0.29) is 48.0 Å². The van der Waals surface area contributed by atoms with Gasteiger partial charge in [-0.2, -0.15) is 9.97 Å². The summed E-state index contributed by atoms with van der Waals surface area (Å²) >= 11 is 0. The van der Waals surface area contributed by atoms with Crippen molar-refractivity contribution in [1.82, 2.24) is 9.97 Å². The number of hydrogen-bond acceptors (Lipinski definition) is 8. The lowest BCUT2D eigenvalue weighted by Gasteiger charge is -2.21. The zero-order chi connectivity index (χ0) is 23.1. The number of nitrogens with two attached hydrogens (primary N) is 1. The summed E-state index contributed by atoms with van der Waals surface area (Å²) in [6.07, 6.45) is 1.95. The average Bonchev–Trinajstić information content (AvgIpc) is 2.71. The third kappa shape index (κ3) is 5.81. The lowest BCUT2D eigenvalue weighted by Crippen LogP contribution is -2.33. The van der Waals surface area contributed by atoms with Crippen LogP contribution in [-0.2, 0) is 22.1 Å². The maximum atomic E-state index is 14.0. The van der Waals surface area contributed by atoms with Crippen LogP contribution in [-0.4, -0.2) is 51.5 Å². The van der Waals surface area contributed by atoms with E-state index in [2.05, 4.69) is 16.5 Å². The third-order valence-electron chi connectivity index (χ3n) is 3.88. The second-order valence-electron chi connectivity index (χ2n) is 6.16. The van der Waals surface area contributed by atoms with Gasteiger partial charge in [-0.25, -0.2) is 9.18 Å². The SMILES string of the molecule is C=CCOc1cc(CN(C(=O)OCC)c2nc(S(C)=O)nc(N)c2[N+](C)=O)ccc1F. The van der Waals surface area contributed by atoms with Crippen molar-refractivity contribution in [2.45, 2.75) is 18.6 Å². The van der Waals surface area contributed by atoms with Gasteiger partial charge in [0.15, 0.2) is 18.6 Å². The molecule has 0 saturated carbocycles. The molecule has 31 heavy (non-hydrogen) atoms. The molecule has 2 N–H and O–H groups in total. The van der Waals surface area contributed by atoms with Gasteiger partial charge in [0, 0.05) is 15.9 Å². The van der Waals surface area contributed by atoms with Gasteiger partial charge in [0.1, 0.15) is 6.61 Å². The molecule has 0 aliphatic carbocycles. The van der Waals surface area contributed by atoms with Gasteiger partial charge < -0.3 is 15.2 Å². The number of hydrogen-bond donors (Lipinski definition) is 1. The number of carbonyl (C=O) groups excluding carboxylic acids is 1. The van der Waals surface area contributed by atoms with Crippen molar-refractivity contribution >= 4 is 34.2 Å². The van der Waals surface area contributed by atoms with Crippen molar-refractivity contribution < 1.29 is 27.6 Å². The van der Waals surface area contributed by atoms with Crippen molar-refractivity contribution in [3.63, 3.8) is 0 Å². The maximum Gasteiger partial charge on any atom is 0.415 e. The van der Waals surface area contributed by atoms with Gasteiger partial charge in [-0.15, -0.1) is 0 Å². The Bertz CT molecular complexity index is 1030. The number of halogens is 1.